The molecular formula is C22H19ClN2. The Bertz CT molecular complexity index is 955. The van der Waals surface area contributed by atoms with Gasteiger partial charge in [-0.15, -0.1) is 11.6 Å². The van der Waals surface area contributed by atoms with Crippen LogP contribution in [-0.2, 0) is 6.42 Å². The van der Waals surface area contributed by atoms with Gasteiger partial charge in [-0.2, -0.15) is 0 Å². The number of anilines is 2. The van der Waals surface area contributed by atoms with Gasteiger partial charge in [-0.1, -0.05) is 48.5 Å². The smallest absolute Gasteiger partial charge is 0.0730 e. The zero-order valence-corrected chi connectivity index (χ0v) is 14.6. The molecule has 0 fully saturated rings. The lowest BCUT2D eigenvalue weighted by Crippen LogP contribution is -1.95. The lowest BCUT2D eigenvalue weighted by Gasteiger charge is -2.13. The first-order chi connectivity index (χ1) is 12.3. The van der Waals surface area contributed by atoms with E-state index in [0.717, 1.165) is 46.0 Å². The van der Waals surface area contributed by atoms with Crippen LogP contribution in [-0.4, -0.2) is 10.9 Å². The van der Waals surface area contributed by atoms with Crippen LogP contribution < -0.4 is 5.32 Å². The maximum atomic E-state index is 5.78. The van der Waals surface area contributed by atoms with Crippen LogP contribution in [0.25, 0.3) is 21.8 Å². The largest absolute Gasteiger partial charge is 0.354 e. The number of fused-ring (bicyclic) bond motifs is 2. The number of pyridine rings is 1. The highest BCUT2D eigenvalue weighted by Crippen LogP contribution is 2.32. The molecular weight excluding hydrogens is 328 g/mol. The Morgan fingerprint density at radius 1 is 0.760 bits per heavy atom. The molecule has 124 valence electrons. The van der Waals surface area contributed by atoms with Gasteiger partial charge in [-0.3, -0.25) is 0 Å². The van der Waals surface area contributed by atoms with Gasteiger partial charge in [0.15, 0.2) is 0 Å². The molecule has 2 nitrogen and oxygen atoms in total. The first-order valence-corrected chi connectivity index (χ1v) is 9.08. The van der Waals surface area contributed by atoms with Crippen LogP contribution in [0.5, 0.6) is 0 Å². The number of para-hydroxylation sites is 2. The van der Waals surface area contributed by atoms with Crippen molar-refractivity contribution in [3.63, 3.8) is 0 Å². The third-order valence-corrected chi connectivity index (χ3v) is 4.68. The van der Waals surface area contributed by atoms with E-state index in [4.69, 9.17) is 16.6 Å². The first kappa shape index (κ1) is 15.9. The van der Waals surface area contributed by atoms with Crippen molar-refractivity contribution in [3.05, 3.63) is 78.4 Å². The van der Waals surface area contributed by atoms with Crippen molar-refractivity contribution in [1.82, 2.24) is 4.98 Å². The van der Waals surface area contributed by atoms with E-state index < -0.39 is 0 Å². The second kappa shape index (κ2) is 7.12. The minimum atomic E-state index is 0.703. The summed E-state index contributed by atoms with van der Waals surface area (Å²) in [5.74, 6) is 0.703. The topological polar surface area (TPSA) is 24.9 Å². The summed E-state index contributed by atoms with van der Waals surface area (Å²) in [6.07, 6.45) is 2.03. The van der Waals surface area contributed by atoms with E-state index in [0.29, 0.717) is 5.88 Å². The number of halogens is 1. The molecule has 0 bridgehead atoms. The number of aromatic nitrogens is 1. The average Bonchev–Trinajstić information content (AvgIpc) is 2.67. The molecule has 0 saturated carbocycles. The van der Waals surface area contributed by atoms with Crippen molar-refractivity contribution in [2.24, 2.45) is 0 Å². The summed E-state index contributed by atoms with van der Waals surface area (Å²) >= 11 is 5.78. The SMILES string of the molecule is ClCCCc1ccc(Nc2c3ccccc3nc3ccccc23)cc1. The third kappa shape index (κ3) is 3.31. The summed E-state index contributed by atoms with van der Waals surface area (Å²) in [5.41, 5.74) is 5.51. The van der Waals surface area contributed by atoms with E-state index in [1.54, 1.807) is 0 Å². The summed E-state index contributed by atoms with van der Waals surface area (Å²) in [7, 11) is 0. The fourth-order valence-electron chi connectivity index (χ4n) is 3.14. The zero-order chi connectivity index (χ0) is 17.1. The van der Waals surface area contributed by atoms with Gasteiger partial charge in [0.25, 0.3) is 0 Å². The van der Waals surface area contributed by atoms with E-state index >= 15 is 0 Å². The molecule has 0 aliphatic carbocycles. The Hall–Kier alpha value is -2.58. The van der Waals surface area contributed by atoms with Gasteiger partial charge in [-0.05, 0) is 42.7 Å². The quantitative estimate of drug-likeness (QED) is 0.338. The molecule has 4 rings (SSSR count). The second-order valence-corrected chi connectivity index (χ2v) is 6.51. The number of nitrogens with one attached hydrogen (secondary N) is 1. The number of benzene rings is 3. The van der Waals surface area contributed by atoms with Gasteiger partial charge < -0.3 is 5.32 Å². The molecule has 0 radical (unpaired) electrons. The molecule has 0 unspecified atom stereocenters. The summed E-state index contributed by atoms with van der Waals surface area (Å²) in [6.45, 7) is 0. The van der Waals surface area contributed by atoms with Gasteiger partial charge >= 0.3 is 0 Å². The van der Waals surface area contributed by atoms with Crippen molar-refractivity contribution in [3.8, 4) is 0 Å². The Labute approximate surface area is 152 Å². The Morgan fingerprint density at radius 2 is 1.36 bits per heavy atom. The predicted molar refractivity (Wildman–Crippen MR) is 108 cm³/mol. The highest BCUT2D eigenvalue weighted by molar-refractivity contribution is 6.17. The number of nitrogens with zero attached hydrogens (tertiary/aromatic N) is 1. The maximum absolute atomic E-state index is 5.78. The van der Waals surface area contributed by atoms with E-state index in [9.17, 15) is 0 Å². The minimum absolute atomic E-state index is 0.703. The Morgan fingerprint density at radius 3 is 1.96 bits per heavy atom. The summed E-state index contributed by atoms with van der Waals surface area (Å²) < 4.78 is 0. The first-order valence-electron chi connectivity index (χ1n) is 8.54. The highest BCUT2D eigenvalue weighted by Gasteiger charge is 2.08. The van der Waals surface area contributed by atoms with Gasteiger partial charge in [0.1, 0.15) is 0 Å². The molecule has 1 heterocycles. The fourth-order valence-corrected chi connectivity index (χ4v) is 3.28. The predicted octanol–water partition coefficient (Wildman–Crippen LogP) is 6.30. The Kier molecular flexibility index (Phi) is 4.53. The minimum Gasteiger partial charge on any atom is -0.354 e. The number of alkyl halides is 1. The molecule has 0 aliphatic heterocycles. The van der Waals surface area contributed by atoms with Gasteiger partial charge in [-0.25, -0.2) is 4.98 Å². The summed E-state index contributed by atoms with van der Waals surface area (Å²) in [4.78, 5) is 4.78. The van der Waals surface area contributed by atoms with Crippen molar-refractivity contribution in [1.29, 1.82) is 0 Å². The lowest BCUT2D eigenvalue weighted by atomic mass is 10.1. The van der Waals surface area contributed by atoms with Crippen LogP contribution >= 0.6 is 11.6 Å². The number of rotatable bonds is 5. The van der Waals surface area contributed by atoms with E-state index in [-0.39, 0.29) is 0 Å². The van der Waals surface area contributed by atoms with Gasteiger partial charge in [0, 0.05) is 22.3 Å². The summed E-state index contributed by atoms with van der Waals surface area (Å²) in [5, 5.41) is 5.87. The molecule has 1 aromatic heterocycles. The van der Waals surface area contributed by atoms with Crippen molar-refractivity contribution < 1.29 is 0 Å². The van der Waals surface area contributed by atoms with Crippen LogP contribution in [0.1, 0.15) is 12.0 Å². The number of hydrogen-bond acceptors (Lipinski definition) is 2. The standard InChI is InChI=1S/C22H19ClN2/c23-15-5-6-16-11-13-17(14-12-16)24-22-18-7-1-3-9-20(18)25-21-10-4-2-8-19(21)22/h1-4,7-14H,5-6,15H2,(H,24,25). The fraction of sp³-hybridized carbons (Fsp3) is 0.136. The lowest BCUT2D eigenvalue weighted by molar-refractivity contribution is 0.929. The van der Waals surface area contributed by atoms with Crippen LogP contribution in [0.3, 0.4) is 0 Å². The van der Waals surface area contributed by atoms with Crippen LogP contribution in [0, 0.1) is 0 Å². The molecule has 4 aromatic rings. The number of aryl methyl sites for hydroxylation is 1. The van der Waals surface area contributed by atoms with Crippen molar-refractivity contribution in [2.45, 2.75) is 12.8 Å². The van der Waals surface area contributed by atoms with Gasteiger partial charge in [0.2, 0.25) is 0 Å². The highest BCUT2D eigenvalue weighted by atomic mass is 35.5. The number of hydrogen-bond donors (Lipinski definition) is 1. The monoisotopic (exact) mass is 346 g/mol. The van der Waals surface area contributed by atoms with Crippen molar-refractivity contribution in [2.75, 3.05) is 11.2 Å². The maximum Gasteiger partial charge on any atom is 0.0730 e. The average molecular weight is 347 g/mol. The molecule has 3 heteroatoms. The summed E-state index contributed by atoms with van der Waals surface area (Å²) in [6, 6.07) is 25.1. The van der Waals surface area contributed by atoms with Crippen molar-refractivity contribution >= 4 is 44.8 Å². The molecule has 0 atom stereocenters. The van der Waals surface area contributed by atoms with E-state index in [2.05, 4.69) is 66.0 Å². The molecule has 0 saturated heterocycles. The van der Waals surface area contributed by atoms with Gasteiger partial charge in [0.05, 0.1) is 16.7 Å². The molecule has 3 aromatic carbocycles. The normalized spacial score (nSPS) is 11.1. The molecule has 1 N–H and O–H groups in total. The van der Waals surface area contributed by atoms with E-state index in [1.807, 2.05) is 12.1 Å². The zero-order valence-electron chi connectivity index (χ0n) is 13.9. The Balaban J connectivity index is 1.76. The second-order valence-electron chi connectivity index (χ2n) is 6.14. The molecule has 0 spiro atoms. The molecule has 25 heavy (non-hydrogen) atoms. The molecule has 0 aliphatic rings. The molecule has 0 amide bonds. The van der Waals surface area contributed by atoms with Crippen LogP contribution in [0.2, 0.25) is 0 Å². The van der Waals surface area contributed by atoms with Crippen LogP contribution in [0.4, 0.5) is 11.4 Å². The van der Waals surface area contributed by atoms with Crippen LogP contribution in [0.15, 0.2) is 72.8 Å². The van der Waals surface area contributed by atoms with E-state index in [1.165, 1.54) is 5.56 Å². The third-order valence-electron chi connectivity index (χ3n) is 4.41.